The van der Waals surface area contributed by atoms with E-state index in [0.717, 1.165) is 51.3 Å². The van der Waals surface area contributed by atoms with Crippen molar-refractivity contribution in [3.63, 3.8) is 0 Å². The Bertz CT molecular complexity index is 1590. The van der Waals surface area contributed by atoms with Crippen LogP contribution >= 0.6 is 0 Å². The molecule has 3 heterocycles. The van der Waals surface area contributed by atoms with Crippen LogP contribution in [0.1, 0.15) is 25.8 Å². The Morgan fingerprint density at radius 1 is 0.974 bits per heavy atom. The third-order valence-electron chi connectivity index (χ3n) is 7.37. The maximum absolute atomic E-state index is 9.81. The van der Waals surface area contributed by atoms with Gasteiger partial charge in [-0.3, -0.25) is 0 Å². The summed E-state index contributed by atoms with van der Waals surface area (Å²) < 4.78 is 8.31. The van der Waals surface area contributed by atoms with Gasteiger partial charge in [0.15, 0.2) is 11.3 Å². The van der Waals surface area contributed by atoms with Crippen molar-refractivity contribution in [1.29, 1.82) is 15.8 Å². The molecule has 38 heavy (non-hydrogen) atoms. The van der Waals surface area contributed by atoms with Crippen LogP contribution in [0.2, 0.25) is 0 Å². The number of aromatic nitrogens is 1. The van der Waals surface area contributed by atoms with Crippen molar-refractivity contribution in [3.8, 4) is 18.2 Å². The number of aryl methyl sites for hydroxylation is 1. The van der Waals surface area contributed by atoms with Crippen molar-refractivity contribution in [2.75, 3.05) is 32.7 Å². The lowest BCUT2D eigenvalue weighted by Gasteiger charge is -2.27. The molecule has 0 bridgehead atoms. The van der Waals surface area contributed by atoms with Crippen LogP contribution in [0.25, 0.3) is 27.9 Å². The first kappa shape index (κ1) is 25.3. The number of para-hydroxylation sites is 1. The highest BCUT2D eigenvalue weighted by Gasteiger charge is 2.38. The maximum Gasteiger partial charge on any atom is 0.172 e. The molecule has 190 valence electrons. The summed E-state index contributed by atoms with van der Waals surface area (Å²) in [6.45, 7) is 10.1. The van der Waals surface area contributed by atoms with Crippen LogP contribution in [0.15, 0.2) is 71.0 Å². The fourth-order valence-corrected chi connectivity index (χ4v) is 5.46. The van der Waals surface area contributed by atoms with Gasteiger partial charge in [-0.2, -0.15) is 15.8 Å². The van der Waals surface area contributed by atoms with Gasteiger partial charge in [0.1, 0.15) is 29.4 Å². The zero-order chi connectivity index (χ0) is 26.7. The van der Waals surface area contributed by atoms with E-state index in [9.17, 15) is 15.8 Å². The Labute approximate surface area is 223 Å². The van der Waals surface area contributed by atoms with E-state index in [1.54, 1.807) is 0 Å². The molecule has 2 aliphatic heterocycles. The van der Waals surface area contributed by atoms with Crippen molar-refractivity contribution in [3.05, 3.63) is 76.6 Å². The number of allylic oxidation sites excluding steroid dienone is 2. The van der Waals surface area contributed by atoms with Crippen LogP contribution in [0.3, 0.4) is 0 Å². The van der Waals surface area contributed by atoms with Gasteiger partial charge in [-0.1, -0.05) is 36.4 Å². The second kappa shape index (κ2) is 10.6. The zero-order valence-corrected chi connectivity index (χ0v) is 21.8. The van der Waals surface area contributed by atoms with E-state index in [2.05, 4.69) is 63.3 Å². The third kappa shape index (κ3) is 4.69. The van der Waals surface area contributed by atoms with Crippen molar-refractivity contribution in [2.24, 2.45) is 0 Å². The summed E-state index contributed by atoms with van der Waals surface area (Å²) in [5.41, 5.74) is 3.30. The number of ether oxygens (including phenoxy) is 1. The number of nitrogens with one attached hydrogen (secondary N) is 1. The number of piperazine rings is 1. The lowest BCUT2D eigenvalue weighted by molar-refractivity contribution is 0.0954. The standard InChI is InChI=1S/C31H30N6O/c1-31(2)27(26(21-34)30(38-31)23(19-32)20-33)10-8-22-9-11-29-25(18-22)24-6-3-4-7-28(24)37(29)15-5-14-36-16-12-35-13-17-36/h3-4,6-11,18,35H,5,12-17H2,1-2H3/b10-8+. The van der Waals surface area contributed by atoms with Crippen LogP contribution in [-0.4, -0.2) is 47.8 Å². The summed E-state index contributed by atoms with van der Waals surface area (Å²) in [4.78, 5) is 2.53. The van der Waals surface area contributed by atoms with Gasteiger partial charge in [0.05, 0.1) is 0 Å². The average Bonchev–Trinajstić information content (AvgIpc) is 3.38. The van der Waals surface area contributed by atoms with Crippen LogP contribution in [0.4, 0.5) is 0 Å². The Balaban J connectivity index is 1.48. The largest absolute Gasteiger partial charge is 0.480 e. The molecule has 0 atom stereocenters. The molecule has 1 aromatic heterocycles. The average molecular weight is 503 g/mol. The van der Waals surface area contributed by atoms with Gasteiger partial charge in [-0.25, -0.2) is 0 Å². The van der Waals surface area contributed by atoms with E-state index in [-0.39, 0.29) is 16.9 Å². The number of hydrogen-bond acceptors (Lipinski definition) is 6. The third-order valence-corrected chi connectivity index (χ3v) is 7.37. The number of nitrogens with zero attached hydrogens (tertiary/aromatic N) is 5. The molecule has 0 spiro atoms. The number of hydrogen-bond donors (Lipinski definition) is 1. The van der Waals surface area contributed by atoms with Crippen molar-refractivity contribution in [1.82, 2.24) is 14.8 Å². The Kier molecular flexibility index (Phi) is 7.03. The van der Waals surface area contributed by atoms with Gasteiger partial charge < -0.3 is 19.5 Å². The monoisotopic (exact) mass is 502 g/mol. The lowest BCUT2D eigenvalue weighted by Crippen LogP contribution is -2.43. The first-order valence-electron chi connectivity index (χ1n) is 13.0. The van der Waals surface area contributed by atoms with E-state index in [0.29, 0.717) is 5.57 Å². The molecule has 1 N–H and O–H groups in total. The first-order chi connectivity index (χ1) is 18.5. The van der Waals surface area contributed by atoms with Gasteiger partial charge in [-0.15, -0.1) is 0 Å². The van der Waals surface area contributed by atoms with Crippen LogP contribution in [0, 0.1) is 34.0 Å². The molecule has 0 aliphatic carbocycles. The molecular weight excluding hydrogens is 472 g/mol. The molecule has 7 nitrogen and oxygen atoms in total. The highest BCUT2D eigenvalue weighted by molar-refractivity contribution is 6.08. The predicted molar refractivity (Wildman–Crippen MR) is 148 cm³/mol. The summed E-state index contributed by atoms with van der Waals surface area (Å²) in [7, 11) is 0. The summed E-state index contributed by atoms with van der Waals surface area (Å²) in [6.07, 6.45) is 4.93. The summed E-state index contributed by atoms with van der Waals surface area (Å²) in [5, 5.41) is 34.3. The Morgan fingerprint density at radius 3 is 2.45 bits per heavy atom. The van der Waals surface area contributed by atoms with E-state index in [4.69, 9.17) is 4.74 Å². The molecule has 3 aromatic rings. The molecule has 5 rings (SSSR count). The molecule has 1 saturated heterocycles. The van der Waals surface area contributed by atoms with Crippen LogP contribution in [-0.2, 0) is 11.3 Å². The molecular formula is C31H30N6O. The van der Waals surface area contributed by atoms with Crippen molar-refractivity contribution in [2.45, 2.75) is 32.4 Å². The minimum absolute atomic E-state index is 0.0569. The molecule has 0 unspecified atom stereocenters. The molecule has 0 saturated carbocycles. The molecule has 2 aromatic carbocycles. The van der Waals surface area contributed by atoms with Gasteiger partial charge in [0.25, 0.3) is 0 Å². The summed E-state index contributed by atoms with van der Waals surface area (Å²) in [6, 6.07) is 20.8. The summed E-state index contributed by atoms with van der Waals surface area (Å²) in [5.74, 6) is 0.0569. The molecule has 7 heteroatoms. The second-order valence-corrected chi connectivity index (χ2v) is 10.2. The normalized spacial score (nSPS) is 17.5. The van der Waals surface area contributed by atoms with Gasteiger partial charge >= 0.3 is 0 Å². The highest BCUT2D eigenvalue weighted by atomic mass is 16.5. The smallest absolute Gasteiger partial charge is 0.172 e. The number of rotatable bonds is 6. The number of nitriles is 3. The van der Waals surface area contributed by atoms with Crippen molar-refractivity contribution < 1.29 is 4.74 Å². The molecule has 1 fully saturated rings. The lowest BCUT2D eigenvalue weighted by atomic mass is 9.94. The minimum Gasteiger partial charge on any atom is -0.480 e. The predicted octanol–water partition coefficient (Wildman–Crippen LogP) is 5.03. The molecule has 2 aliphatic rings. The topological polar surface area (TPSA) is 101 Å². The van der Waals surface area contributed by atoms with Crippen molar-refractivity contribution >= 4 is 27.9 Å². The number of benzene rings is 2. The van der Waals surface area contributed by atoms with E-state index < -0.39 is 5.60 Å². The number of fused-ring (bicyclic) bond motifs is 3. The second-order valence-electron chi connectivity index (χ2n) is 10.2. The van der Waals surface area contributed by atoms with Gasteiger partial charge in [-0.05, 0) is 50.6 Å². The first-order valence-corrected chi connectivity index (χ1v) is 13.0. The fourth-order valence-electron chi connectivity index (χ4n) is 5.46. The van der Waals surface area contributed by atoms with Gasteiger partial charge in [0, 0.05) is 60.1 Å². The Hall–Kier alpha value is -4.35. The van der Waals surface area contributed by atoms with Crippen LogP contribution in [0.5, 0.6) is 0 Å². The zero-order valence-electron chi connectivity index (χ0n) is 21.8. The van der Waals surface area contributed by atoms with E-state index >= 15 is 0 Å². The minimum atomic E-state index is -0.833. The fraction of sp³-hybridized carbons (Fsp3) is 0.323. The van der Waals surface area contributed by atoms with E-state index in [1.165, 1.54) is 21.8 Å². The summed E-state index contributed by atoms with van der Waals surface area (Å²) >= 11 is 0. The Morgan fingerprint density at radius 2 is 1.71 bits per heavy atom. The van der Waals surface area contributed by atoms with E-state index in [1.807, 2.05) is 38.1 Å². The maximum atomic E-state index is 9.81. The molecule has 0 amide bonds. The highest BCUT2D eigenvalue weighted by Crippen LogP contribution is 2.40. The van der Waals surface area contributed by atoms with Gasteiger partial charge in [0.2, 0.25) is 0 Å². The quantitative estimate of drug-likeness (QED) is 0.474. The molecule has 0 radical (unpaired) electrons. The SMILES string of the molecule is CC1(C)OC(=C(C#N)C#N)C(C#N)=C1/C=C/c1ccc2c(c1)c1ccccc1n2CCCN1CCNCC1. The van der Waals surface area contributed by atoms with Crippen LogP contribution < -0.4 is 5.32 Å².